The quantitative estimate of drug-likeness (QED) is 0.388. The molecule has 1 N–H and O–H groups in total. The fourth-order valence-electron chi connectivity index (χ4n) is 3.74. The monoisotopic (exact) mass is 503 g/mol. The van der Waals surface area contributed by atoms with Crippen molar-refractivity contribution in [1.82, 2.24) is 30.5 Å². The number of amides is 2. The van der Waals surface area contributed by atoms with E-state index in [2.05, 4.69) is 25.7 Å². The molecule has 11 heteroatoms. The fourth-order valence-corrected chi connectivity index (χ4v) is 3.74. The minimum atomic E-state index is -0.987. The van der Waals surface area contributed by atoms with Gasteiger partial charge in [0.1, 0.15) is 24.1 Å². The third-order valence-electron chi connectivity index (χ3n) is 5.34. The zero-order chi connectivity index (χ0) is 26.6. The van der Waals surface area contributed by atoms with Crippen LogP contribution in [0.4, 0.5) is 5.69 Å². The highest BCUT2D eigenvalue weighted by Gasteiger charge is 2.35. The van der Waals surface area contributed by atoms with Crippen LogP contribution in [0, 0.1) is 6.92 Å². The molecule has 11 nitrogen and oxygen atoms in total. The Hall–Kier alpha value is -4.54. The van der Waals surface area contributed by atoms with Crippen LogP contribution in [0.3, 0.4) is 0 Å². The molecule has 0 aliphatic carbocycles. The number of tetrazole rings is 1. The van der Waals surface area contributed by atoms with Crippen LogP contribution >= 0.6 is 0 Å². The number of aryl methyl sites for hydroxylation is 1. The van der Waals surface area contributed by atoms with Gasteiger partial charge in [-0.05, 0) is 87.0 Å². The zero-order valence-corrected chi connectivity index (χ0v) is 21.4. The van der Waals surface area contributed by atoms with E-state index < -0.39 is 17.5 Å². The Balaban J connectivity index is 1.73. The molecule has 3 heterocycles. The van der Waals surface area contributed by atoms with Crippen LogP contribution in [0.5, 0.6) is 5.75 Å². The Morgan fingerprint density at radius 2 is 1.78 bits per heavy atom. The summed E-state index contributed by atoms with van der Waals surface area (Å²) < 4.78 is 10.8. The Morgan fingerprint density at radius 3 is 2.38 bits per heavy atom. The van der Waals surface area contributed by atoms with Gasteiger partial charge in [0.2, 0.25) is 11.7 Å². The van der Waals surface area contributed by atoms with Crippen LogP contribution in [-0.4, -0.2) is 49.7 Å². The maximum absolute atomic E-state index is 13.8. The smallest absolute Gasteiger partial charge is 0.251 e. The maximum Gasteiger partial charge on any atom is 0.251 e. The van der Waals surface area contributed by atoms with E-state index in [1.54, 1.807) is 68.0 Å². The van der Waals surface area contributed by atoms with Crippen molar-refractivity contribution in [3.63, 3.8) is 0 Å². The van der Waals surface area contributed by atoms with Gasteiger partial charge in [-0.2, -0.15) is 4.80 Å². The van der Waals surface area contributed by atoms with E-state index >= 15 is 0 Å². The van der Waals surface area contributed by atoms with Crippen LogP contribution in [0.2, 0.25) is 0 Å². The lowest BCUT2D eigenvalue weighted by Gasteiger charge is -2.33. The van der Waals surface area contributed by atoms with Crippen molar-refractivity contribution in [1.29, 1.82) is 0 Å². The fraction of sp³-hybridized carbons (Fsp3) is 0.308. The van der Waals surface area contributed by atoms with Crippen LogP contribution in [-0.2, 0) is 16.1 Å². The van der Waals surface area contributed by atoms with Crippen molar-refractivity contribution in [2.24, 2.45) is 0 Å². The van der Waals surface area contributed by atoms with E-state index in [9.17, 15) is 9.59 Å². The van der Waals surface area contributed by atoms with Gasteiger partial charge in [-0.1, -0.05) is 0 Å². The summed E-state index contributed by atoms with van der Waals surface area (Å²) in [5.41, 5.74) is 0.568. The highest BCUT2D eigenvalue weighted by atomic mass is 16.5. The lowest BCUT2D eigenvalue weighted by atomic mass is 10.0. The second-order valence-corrected chi connectivity index (χ2v) is 9.44. The van der Waals surface area contributed by atoms with Gasteiger partial charge in [0, 0.05) is 23.6 Å². The highest BCUT2D eigenvalue weighted by molar-refractivity contribution is 6.01. The van der Waals surface area contributed by atoms with Crippen LogP contribution in [0.1, 0.15) is 38.1 Å². The summed E-state index contributed by atoms with van der Waals surface area (Å²) in [4.78, 5) is 34.2. The number of benzene rings is 1. The highest BCUT2D eigenvalue weighted by Crippen LogP contribution is 2.30. The van der Waals surface area contributed by atoms with E-state index in [4.69, 9.17) is 9.15 Å². The number of rotatable bonds is 8. The second kappa shape index (κ2) is 10.6. The molecule has 0 aliphatic heterocycles. The Kier molecular flexibility index (Phi) is 7.32. The summed E-state index contributed by atoms with van der Waals surface area (Å²) in [6.45, 7) is 7.19. The molecule has 0 bridgehead atoms. The number of hydrogen-bond donors (Lipinski definition) is 1. The predicted molar refractivity (Wildman–Crippen MR) is 136 cm³/mol. The zero-order valence-electron chi connectivity index (χ0n) is 21.4. The molecule has 0 saturated heterocycles. The first-order valence-corrected chi connectivity index (χ1v) is 11.7. The number of carbonyl (C=O) groups is 2. The van der Waals surface area contributed by atoms with Crippen molar-refractivity contribution in [3.05, 3.63) is 72.2 Å². The molecule has 2 amide bonds. The molecule has 0 aliphatic rings. The molecule has 4 rings (SSSR count). The average molecular weight is 504 g/mol. The van der Waals surface area contributed by atoms with Gasteiger partial charge < -0.3 is 14.5 Å². The van der Waals surface area contributed by atoms with Gasteiger partial charge in [0.25, 0.3) is 5.91 Å². The average Bonchev–Trinajstić information content (AvgIpc) is 3.50. The molecule has 4 aromatic rings. The summed E-state index contributed by atoms with van der Waals surface area (Å²) in [6, 6.07) is 12.9. The molecule has 0 unspecified atom stereocenters. The van der Waals surface area contributed by atoms with Crippen molar-refractivity contribution >= 4 is 17.5 Å². The largest absolute Gasteiger partial charge is 0.497 e. The van der Waals surface area contributed by atoms with Gasteiger partial charge >= 0.3 is 0 Å². The van der Waals surface area contributed by atoms with Crippen molar-refractivity contribution in [3.8, 4) is 17.3 Å². The summed E-state index contributed by atoms with van der Waals surface area (Å²) >= 11 is 0. The third kappa shape index (κ3) is 6.18. The molecule has 0 spiro atoms. The molecule has 0 radical (unpaired) electrons. The Morgan fingerprint density at radius 1 is 1.08 bits per heavy atom. The van der Waals surface area contributed by atoms with E-state index in [-0.39, 0.29) is 18.3 Å². The number of anilines is 1. The number of methoxy groups -OCH3 is 1. The molecule has 37 heavy (non-hydrogen) atoms. The Bertz CT molecular complexity index is 1360. The predicted octanol–water partition coefficient (Wildman–Crippen LogP) is 3.33. The van der Waals surface area contributed by atoms with Crippen LogP contribution in [0.25, 0.3) is 11.6 Å². The number of furan rings is 1. The number of ether oxygens (including phenoxy) is 1. The van der Waals surface area contributed by atoms with Crippen molar-refractivity contribution < 1.29 is 18.7 Å². The van der Waals surface area contributed by atoms with E-state index in [1.165, 1.54) is 9.70 Å². The number of nitrogens with zero attached hydrogens (tertiary/aromatic N) is 6. The standard InChI is InChI=1S/C26H29N7O4/c1-17-6-11-21(37-17)24-29-31-32(30-24)16-22(34)33(19-7-9-20(36-5)10-8-19)23(18-12-14-27-15-13-18)25(35)28-26(2,3)4/h6-15,23H,16H2,1-5H3,(H,28,35)/t23-/m1/s1. The topological polar surface area (TPSA) is 128 Å². The van der Waals surface area contributed by atoms with E-state index in [0.29, 0.717) is 28.5 Å². The first-order valence-electron chi connectivity index (χ1n) is 11.7. The molecule has 0 fully saturated rings. The number of pyridine rings is 1. The first-order chi connectivity index (χ1) is 17.6. The minimum absolute atomic E-state index is 0.257. The number of nitrogens with one attached hydrogen (secondary N) is 1. The van der Waals surface area contributed by atoms with E-state index in [0.717, 1.165) is 0 Å². The lowest BCUT2D eigenvalue weighted by molar-refractivity contribution is -0.128. The second-order valence-electron chi connectivity index (χ2n) is 9.44. The van der Waals surface area contributed by atoms with Crippen LogP contribution in [0.15, 0.2) is 65.3 Å². The van der Waals surface area contributed by atoms with Gasteiger partial charge in [0.15, 0.2) is 5.76 Å². The summed E-state index contributed by atoms with van der Waals surface area (Å²) in [5.74, 6) is 1.26. The number of hydrogen-bond acceptors (Lipinski definition) is 8. The van der Waals surface area contributed by atoms with E-state index in [1.807, 2.05) is 27.7 Å². The molecule has 0 saturated carbocycles. The molecule has 3 aromatic heterocycles. The molecule has 1 aromatic carbocycles. The number of carbonyl (C=O) groups excluding carboxylic acids is 2. The SMILES string of the molecule is COc1ccc(N(C(=O)Cn2nnc(-c3ccc(C)o3)n2)[C@@H](C(=O)NC(C)(C)C)c2ccncc2)cc1. The van der Waals surface area contributed by atoms with Crippen molar-refractivity contribution in [2.75, 3.05) is 12.0 Å². The molecule has 1 atom stereocenters. The van der Waals surface area contributed by atoms with Crippen LogP contribution < -0.4 is 15.0 Å². The summed E-state index contributed by atoms with van der Waals surface area (Å²) in [5, 5.41) is 15.3. The Labute approximate surface area is 214 Å². The maximum atomic E-state index is 13.8. The summed E-state index contributed by atoms with van der Waals surface area (Å²) in [6.07, 6.45) is 3.17. The lowest BCUT2D eigenvalue weighted by Crippen LogP contribution is -2.50. The number of aromatic nitrogens is 5. The normalized spacial score (nSPS) is 12.1. The molecular formula is C26H29N7O4. The van der Waals surface area contributed by atoms with Crippen molar-refractivity contribution in [2.45, 2.75) is 45.8 Å². The third-order valence-corrected chi connectivity index (χ3v) is 5.34. The van der Waals surface area contributed by atoms with Gasteiger partial charge in [0.05, 0.1) is 7.11 Å². The first kappa shape index (κ1) is 25.5. The van der Waals surface area contributed by atoms with Gasteiger partial charge in [-0.15, -0.1) is 10.2 Å². The van der Waals surface area contributed by atoms with Gasteiger partial charge in [-0.25, -0.2) is 0 Å². The summed E-state index contributed by atoms with van der Waals surface area (Å²) in [7, 11) is 1.56. The molecule has 192 valence electrons. The van der Waals surface area contributed by atoms with Gasteiger partial charge in [-0.3, -0.25) is 19.5 Å². The molecular weight excluding hydrogens is 474 g/mol. The minimum Gasteiger partial charge on any atom is -0.497 e.